The van der Waals surface area contributed by atoms with Gasteiger partial charge in [-0.05, 0) is 49.2 Å². The van der Waals surface area contributed by atoms with E-state index in [9.17, 15) is 14.7 Å². The van der Waals surface area contributed by atoms with E-state index in [0.717, 1.165) is 16.7 Å². The van der Waals surface area contributed by atoms with Crippen molar-refractivity contribution in [1.82, 2.24) is 4.98 Å². The number of Topliss-reactive ketones (excluding diaryl/α,β-unsaturated/α-hetero) is 1. The number of rotatable bonds is 7. The first kappa shape index (κ1) is 24.5. The van der Waals surface area contributed by atoms with Crippen LogP contribution >= 0.6 is 11.3 Å². The Labute approximate surface area is 218 Å². The zero-order chi connectivity index (χ0) is 26.1. The van der Waals surface area contributed by atoms with Gasteiger partial charge in [0, 0.05) is 5.56 Å². The second-order valence-electron chi connectivity index (χ2n) is 8.79. The Hall–Kier alpha value is -4.17. The molecule has 0 radical (unpaired) electrons. The summed E-state index contributed by atoms with van der Waals surface area (Å²) in [6.45, 7) is 4.47. The van der Waals surface area contributed by atoms with Crippen LogP contribution in [-0.4, -0.2) is 35.5 Å². The van der Waals surface area contributed by atoms with Crippen LogP contribution in [0.2, 0.25) is 0 Å². The number of aliphatic hydroxyl groups excluding tert-OH is 1. The number of fused-ring (bicyclic) bond motifs is 1. The third-order valence-corrected chi connectivity index (χ3v) is 7.19. The highest BCUT2D eigenvalue weighted by Gasteiger charge is 2.48. The van der Waals surface area contributed by atoms with Gasteiger partial charge in [-0.2, -0.15) is 0 Å². The molecule has 1 aliphatic rings. The van der Waals surface area contributed by atoms with Crippen molar-refractivity contribution in [2.45, 2.75) is 26.3 Å². The quantitative estimate of drug-likeness (QED) is 0.184. The maximum atomic E-state index is 13.5. The number of ether oxygens (including phenoxy) is 2. The summed E-state index contributed by atoms with van der Waals surface area (Å²) in [6, 6.07) is 19.1. The number of hydrogen-bond donors (Lipinski definition) is 1. The molecule has 4 aromatic rings. The van der Waals surface area contributed by atoms with E-state index in [1.54, 1.807) is 37.4 Å². The van der Waals surface area contributed by atoms with Gasteiger partial charge in [0.25, 0.3) is 5.78 Å². The molecule has 1 N–H and O–H groups in total. The number of nitrogens with zero attached hydrogens (tertiary/aromatic N) is 2. The summed E-state index contributed by atoms with van der Waals surface area (Å²) in [5.41, 5.74) is 2.77. The van der Waals surface area contributed by atoms with Crippen LogP contribution in [-0.2, 0) is 9.59 Å². The van der Waals surface area contributed by atoms with Gasteiger partial charge in [-0.25, -0.2) is 4.98 Å². The normalized spacial score (nSPS) is 16.9. The maximum Gasteiger partial charge on any atom is 0.301 e. The van der Waals surface area contributed by atoms with Crippen LogP contribution in [0.4, 0.5) is 5.13 Å². The summed E-state index contributed by atoms with van der Waals surface area (Å²) in [5, 5.41) is 11.8. The van der Waals surface area contributed by atoms with Gasteiger partial charge < -0.3 is 14.6 Å². The molecule has 188 valence electrons. The first-order chi connectivity index (χ1) is 17.9. The van der Waals surface area contributed by atoms with Gasteiger partial charge >= 0.3 is 5.91 Å². The summed E-state index contributed by atoms with van der Waals surface area (Å²) in [4.78, 5) is 33.0. The molecule has 0 bridgehead atoms. The molecule has 8 heteroatoms. The van der Waals surface area contributed by atoms with Gasteiger partial charge in [-0.3, -0.25) is 14.5 Å². The largest absolute Gasteiger partial charge is 0.507 e. The minimum atomic E-state index is -0.845. The number of hydrogen-bond acceptors (Lipinski definition) is 7. The number of aliphatic hydroxyl groups is 1. The summed E-state index contributed by atoms with van der Waals surface area (Å²) < 4.78 is 11.9. The second-order valence-corrected chi connectivity index (χ2v) is 9.80. The van der Waals surface area contributed by atoms with Crippen molar-refractivity contribution >= 4 is 44.1 Å². The fourth-order valence-electron chi connectivity index (χ4n) is 4.42. The monoisotopic (exact) mass is 514 g/mol. The molecule has 3 aromatic carbocycles. The van der Waals surface area contributed by atoms with Crippen molar-refractivity contribution in [3.63, 3.8) is 0 Å². The van der Waals surface area contributed by atoms with Crippen LogP contribution in [0.5, 0.6) is 11.5 Å². The Kier molecular flexibility index (Phi) is 6.67. The molecule has 0 saturated carbocycles. The fraction of sp³-hybridized carbons (Fsp3) is 0.207. The van der Waals surface area contributed by atoms with Crippen molar-refractivity contribution in [1.29, 1.82) is 0 Å². The summed E-state index contributed by atoms with van der Waals surface area (Å²) >= 11 is 1.29. The molecule has 1 aromatic heterocycles. The molecule has 37 heavy (non-hydrogen) atoms. The highest BCUT2D eigenvalue weighted by Crippen LogP contribution is 2.45. The summed E-state index contributed by atoms with van der Waals surface area (Å²) in [5.74, 6) is -0.507. The third kappa shape index (κ3) is 4.56. The molecule has 1 atom stereocenters. The Bertz CT molecular complexity index is 1540. The molecular weight excluding hydrogens is 488 g/mol. The topological polar surface area (TPSA) is 89.0 Å². The average molecular weight is 515 g/mol. The minimum Gasteiger partial charge on any atom is -0.507 e. The van der Waals surface area contributed by atoms with Crippen LogP contribution in [0, 0.1) is 6.92 Å². The molecule has 0 aliphatic carbocycles. The van der Waals surface area contributed by atoms with Crippen molar-refractivity contribution in [3.05, 3.63) is 89.0 Å². The maximum absolute atomic E-state index is 13.5. The van der Waals surface area contributed by atoms with E-state index in [-0.39, 0.29) is 11.3 Å². The van der Waals surface area contributed by atoms with E-state index in [1.807, 2.05) is 50.2 Å². The number of benzene rings is 3. The van der Waals surface area contributed by atoms with E-state index in [0.29, 0.717) is 39.9 Å². The number of methoxy groups -OCH3 is 1. The third-order valence-electron chi connectivity index (χ3n) is 6.17. The van der Waals surface area contributed by atoms with Gasteiger partial charge in [0.15, 0.2) is 5.13 Å². The van der Waals surface area contributed by atoms with Crippen molar-refractivity contribution in [2.75, 3.05) is 18.6 Å². The summed E-state index contributed by atoms with van der Waals surface area (Å²) in [6.07, 6.45) is 0.836. The zero-order valence-electron chi connectivity index (χ0n) is 20.7. The van der Waals surface area contributed by atoms with E-state index in [2.05, 4.69) is 4.98 Å². The lowest BCUT2D eigenvalue weighted by atomic mass is 9.94. The van der Waals surface area contributed by atoms with Crippen LogP contribution in [0.15, 0.2) is 72.3 Å². The lowest BCUT2D eigenvalue weighted by molar-refractivity contribution is -0.132. The molecule has 1 fully saturated rings. The predicted octanol–water partition coefficient (Wildman–Crippen LogP) is 6.03. The first-order valence-electron chi connectivity index (χ1n) is 12.0. The number of aromatic nitrogens is 1. The highest BCUT2D eigenvalue weighted by molar-refractivity contribution is 7.22. The smallest absolute Gasteiger partial charge is 0.301 e. The number of thiazole rings is 1. The first-order valence-corrected chi connectivity index (χ1v) is 12.8. The van der Waals surface area contributed by atoms with E-state index in [1.165, 1.54) is 16.2 Å². The van der Waals surface area contributed by atoms with Crippen LogP contribution in [0.3, 0.4) is 0 Å². The Morgan fingerprint density at radius 3 is 2.62 bits per heavy atom. The van der Waals surface area contributed by atoms with Gasteiger partial charge in [0.1, 0.15) is 17.3 Å². The SMILES string of the molecule is CCCOc1cccc(/C(O)=C2\C(=O)C(=O)N(c3nc4ccc(OC)cc4s3)C2c2cccc(C)c2)c1. The van der Waals surface area contributed by atoms with E-state index >= 15 is 0 Å². The van der Waals surface area contributed by atoms with E-state index < -0.39 is 17.7 Å². The average Bonchev–Trinajstić information content (AvgIpc) is 3.44. The van der Waals surface area contributed by atoms with Gasteiger partial charge in [0.2, 0.25) is 0 Å². The van der Waals surface area contributed by atoms with Crippen molar-refractivity contribution in [2.24, 2.45) is 0 Å². The fourth-order valence-corrected chi connectivity index (χ4v) is 5.44. The highest BCUT2D eigenvalue weighted by atomic mass is 32.1. The minimum absolute atomic E-state index is 0.0140. The Morgan fingerprint density at radius 1 is 1.05 bits per heavy atom. The number of ketones is 1. The predicted molar refractivity (Wildman–Crippen MR) is 144 cm³/mol. The van der Waals surface area contributed by atoms with Crippen molar-refractivity contribution < 1.29 is 24.2 Å². The lowest BCUT2D eigenvalue weighted by Crippen LogP contribution is -2.29. The number of amides is 1. The molecule has 1 saturated heterocycles. The van der Waals surface area contributed by atoms with Crippen LogP contribution < -0.4 is 14.4 Å². The van der Waals surface area contributed by atoms with Crippen LogP contribution in [0.1, 0.15) is 36.1 Å². The number of aryl methyl sites for hydroxylation is 1. The molecule has 7 nitrogen and oxygen atoms in total. The number of carbonyl (C=O) groups is 2. The molecule has 1 unspecified atom stereocenters. The Morgan fingerprint density at radius 2 is 1.86 bits per heavy atom. The molecular formula is C29H26N2O5S. The van der Waals surface area contributed by atoms with Gasteiger partial charge in [0.05, 0.1) is 35.5 Å². The second kappa shape index (κ2) is 10.1. The van der Waals surface area contributed by atoms with Gasteiger partial charge in [-0.1, -0.05) is 60.2 Å². The lowest BCUT2D eigenvalue weighted by Gasteiger charge is -2.23. The molecule has 1 aliphatic heterocycles. The van der Waals surface area contributed by atoms with Gasteiger partial charge in [-0.15, -0.1) is 0 Å². The number of anilines is 1. The Balaban J connectivity index is 1.68. The number of carbonyl (C=O) groups excluding carboxylic acids is 2. The zero-order valence-corrected chi connectivity index (χ0v) is 21.5. The summed E-state index contributed by atoms with van der Waals surface area (Å²) in [7, 11) is 1.59. The molecule has 2 heterocycles. The standard InChI is InChI=1S/C29H26N2O5S/c1-4-13-36-21-10-6-9-19(15-21)26(32)24-25(18-8-5-7-17(2)14-18)31(28(34)27(24)33)29-30-22-12-11-20(35-3)16-23(22)37-29/h5-12,14-16,25,32H,4,13H2,1-3H3/b26-24+. The molecule has 5 rings (SSSR count). The molecule has 1 amide bonds. The van der Waals surface area contributed by atoms with Crippen molar-refractivity contribution in [3.8, 4) is 11.5 Å². The van der Waals surface area contributed by atoms with Crippen LogP contribution in [0.25, 0.3) is 16.0 Å². The van der Waals surface area contributed by atoms with E-state index in [4.69, 9.17) is 9.47 Å². The molecule has 0 spiro atoms.